The summed E-state index contributed by atoms with van der Waals surface area (Å²) < 4.78 is 1.94. The Bertz CT molecular complexity index is 1400. The molecule has 6 nitrogen and oxygen atoms in total. The molecule has 0 spiro atoms. The number of para-hydroxylation sites is 1. The zero-order chi connectivity index (χ0) is 25.4. The van der Waals surface area contributed by atoms with Gasteiger partial charge in [-0.25, -0.2) is 0 Å². The van der Waals surface area contributed by atoms with Crippen LogP contribution in [-0.4, -0.2) is 44.0 Å². The summed E-state index contributed by atoms with van der Waals surface area (Å²) in [6.45, 7) is 3.24. The largest absolute Gasteiger partial charge is 0.338 e. The molecule has 3 aromatic rings. The summed E-state index contributed by atoms with van der Waals surface area (Å²) in [5, 5.41) is 1.38. The molecular weight excluding hydrogens is 517 g/mol. The summed E-state index contributed by atoms with van der Waals surface area (Å²) in [5.41, 5.74) is 2.43. The van der Waals surface area contributed by atoms with E-state index in [0.717, 1.165) is 59.6 Å². The van der Waals surface area contributed by atoms with Crippen LogP contribution in [0.5, 0.6) is 0 Å². The van der Waals surface area contributed by atoms with Gasteiger partial charge in [-0.05, 0) is 67.8 Å². The fraction of sp³-hybridized carbons (Fsp3) is 0.296. The number of carbonyl (C=O) groups excluding carboxylic acids is 3. The number of thioether (sulfide) groups is 1. The molecule has 0 bridgehead atoms. The number of benzene rings is 2. The minimum atomic E-state index is -0.355. The summed E-state index contributed by atoms with van der Waals surface area (Å²) in [5.74, 6) is -0.262. The van der Waals surface area contributed by atoms with Crippen molar-refractivity contribution in [1.82, 2.24) is 14.4 Å². The van der Waals surface area contributed by atoms with Crippen molar-refractivity contribution in [3.05, 3.63) is 74.7 Å². The summed E-state index contributed by atoms with van der Waals surface area (Å²) in [6, 6.07) is 13.1. The average Bonchev–Trinajstić information content (AvgIpc) is 3.33. The van der Waals surface area contributed by atoms with E-state index in [1.807, 2.05) is 39.9 Å². The lowest BCUT2D eigenvalue weighted by Gasteiger charge is -2.33. The molecule has 0 radical (unpaired) electrons. The Morgan fingerprint density at radius 3 is 2.69 bits per heavy atom. The van der Waals surface area contributed by atoms with E-state index in [0.29, 0.717) is 15.0 Å². The molecule has 2 fully saturated rings. The molecule has 3 heterocycles. The molecule has 2 saturated heterocycles. The van der Waals surface area contributed by atoms with Crippen molar-refractivity contribution in [2.75, 3.05) is 6.54 Å². The van der Waals surface area contributed by atoms with Crippen molar-refractivity contribution in [3.8, 4) is 0 Å². The quantitative estimate of drug-likeness (QED) is 0.342. The summed E-state index contributed by atoms with van der Waals surface area (Å²) >= 11 is 13.0. The fourth-order valence-electron chi connectivity index (χ4n) is 4.82. The molecule has 0 N–H and O–H groups in total. The van der Waals surface area contributed by atoms with E-state index in [9.17, 15) is 14.4 Å². The van der Waals surface area contributed by atoms with Crippen LogP contribution in [0.25, 0.3) is 17.0 Å². The number of aromatic nitrogens is 1. The van der Waals surface area contributed by atoms with Crippen molar-refractivity contribution < 1.29 is 14.4 Å². The Labute approximate surface area is 223 Å². The second kappa shape index (κ2) is 10.3. The van der Waals surface area contributed by atoms with Crippen LogP contribution in [0.2, 0.25) is 10.0 Å². The first-order chi connectivity index (χ1) is 17.3. The van der Waals surface area contributed by atoms with Gasteiger partial charge in [-0.1, -0.05) is 47.5 Å². The minimum absolute atomic E-state index is 0.0939. The summed E-state index contributed by atoms with van der Waals surface area (Å²) in [6.07, 6.45) is 6.85. The molecule has 2 aliphatic rings. The van der Waals surface area contributed by atoms with Gasteiger partial charge in [0.2, 0.25) is 5.91 Å². The van der Waals surface area contributed by atoms with Gasteiger partial charge in [-0.2, -0.15) is 0 Å². The molecule has 186 valence electrons. The smallest absolute Gasteiger partial charge is 0.293 e. The number of fused-ring (bicyclic) bond motifs is 1. The Balaban J connectivity index is 1.40. The van der Waals surface area contributed by atoms with Gasteiger partial charge in [0.15, 0.2) is 0 Å². The molecule has 0 unspecified atom stereocenters. The number of amides is 3. The zero-order valence-electron chi connectivity index (χ0n) is 19.7. The topological polar surface area (TPSA) is 62.6 Å². The van der Waals surface area contributed by atoms with Gasteiger partial charge in [-0.15, -0.1) is 0 Å². The van der Waals surface area contributed by atoms with Crippen LogP contribution < -0.4 is 0 Å². The number of imide groups is 1. The first-order valence-electron chi connectivity index (χ1n) is 11.9. The minimum Gasteiger partial charge on any atom is -0.338 e. The molecule has 3 amide bonds. The highest BCUT2D eigenvalue weighted by atomic mass is 35.5. The van der Waals surface area contributed by atoms with Crippen LogP contribution in [0.3, 0.4) is 0 Å². The van der Waals surface area contributed by atoms with Crippen LogP contribution in [-0.2, 0) is 22.7 Å². The van der Waals surface area contributed by atoms with E-state index in [1.54, 1.807) is 24.3 Å². The molecule has 9 heteroatoms. The van der Waals surface area contributed by atoms with E-state index in [-0.39, 0.29) is 36.2 Å². The molecule has 1 atom stereocenters. The average molecular weight is 542 g/mol. The van der Waals surface area contributed by atoms with Gasteiger partial charge >= 0.3 is 0 Å². The first-order valence-corrected chi connectivity index (χ1v) is 13.5. The summed E-state index contributed by atoms with van der Waals surface area (Å²) in [7, 11) is 0. The van der Waals surface area contributed by atoms with E-state index in [2.05, 4.69) is 6.92 Å². The number of hydrogen-bond donors (Lipinski definition) is 0. The standard InChI is InChI=1S/C27H25Cl2N3O3S/c1-17-6-4-5-11-31(17)25(33)16-30-15-19(20-7-2-3-8-23(20)30)13-24-26(34)32(27(35)36-24)14-18-9-10-21(28)22(29)12-18/h2-3,7-10,12-13,15,17H,4-6,11,14,16H2,1H3/b24-13-/t17-/m0/s1. The van der Waals surface area contributed by atoms with Gasteiger partial charge in [0.05, 0.1) is 21.5 Å². The fourth-order valence-corrected chi connectivity index (χ4v) is 5.97. The predicted octanol–water partition coefficient (Wildman–Crippen LogP) is 6.59. The molecule has 2 aliphatic heterocycles. The molecule has 0 aliphatic carbocycles. The highest BCUT2D eigenvalue weighted by Gasteiger charge is 2.35. The third kappa shape index (κ3) is 4.92. The molecule has 2 aromatic carbocycles. The van der Waals surface area contributed by atoms with Crippen LogP contribution >= 0.6 is 35.0 Å². The van der Waals surface area contributed by atoms with Gasteiger partial charge in [0, 0.05) is 35.2 Å². The third-order valence-electron chi connectivity index (χ3n) is 6.73. The van der Waals surface area contributed by atoms with Crippen molar-refractivity contribution in [2.24, 2.45) is 0 Å². The lowest BCUT2D eigenvalue weighted by Crippen LogP contribution is -2.43. The second-order valence-corrected chi connectivity index (χ2v) is 11.0. The maximum Gasteiger partial charge on any atom is 0.293 e. The van der Waals surface area contributed by atoms with Crippen molar-refractivity contribution in [1.29, 1.82) is 0 Å². The first kappa shape index (κ1) is 24.9. The monoisotopic (exact) mass is 541 g/mol. The van der Waals surface area contributed by atoms with Crippen LogP contribution in [0.15, 0.2) is 53.6 Å². The maximum absolute atomic E-state index is 13.1. The number of hydrogen-bond acceptors (Lipinski definition) is 4. The summed E-state index contributed by atoms with van der Waals surface area (Å²) in [4.78, 5) is 42.4. The number of piperidine rings is 1. The molecular formula is C27H25Cl2N3O3S. The van der Waals surface area contributed by atoms with Gasteiger partial charge < -0.3 is 9.47 Å². The number of likely N-dealkylation sites (tertiary alicyclic amines) is 1. The zero-order valence-corrected chi connectivity index (χ0v) is 22.1. The number of halogens is 2. The highest BCUT2D eigenvalue weighted by Crippen LogP contribution is 2.35. The highest BCUT2D eigenvalue weighted by molar-refractivity contribution is 8.18. The number of nitrogens with zero attached hydrogens (tertiary/aromatic N) is 3. The Morgan fingerprint density at radius 2 is 1.92 bits per heavy atom. The van der Waals surface area contributed by atoms with Gasteiger partial charge in [0.1, 0.15) is 6.54 Å². The van der Waals surface area contributed by atoms with E-state index >= 15 is 0 Å². The molecule has 5 rings (SSSR count). The normalized spacial score (nSPS) is 19.6. The number of rotatable bonds is 5. The Morgan fingerprint density at radius 1 is 1.11 bits per heavy atom. The molecule has 0 saturated carbocycles. The Kier molecular flexibility index (Phi) is 7.15. The van der Waals surface area contributed by atoms with Gasteiger partial charge in [0.25, 0.3) is 11.1 Å². The van der Waals surface area contributed by atoms with Crippen LogP contribution in [0, 0.1) is 0 Å². The van der Waals surface area contributed by atoms with Crippen molar-refractivity contribution in [3.63, 3.8) is 0 Å². The third-order valence-corrected chi connectivity index (χ3v) is 8.38. The van der Waals surface area contributed by atoms with Crippen LogP contribution in [0.1, 0.15) is 37.3 Å². The van der Waals surface area contributed by atoms with E-state index < -0.39 is 0 Å². The molecule has 1 aromatic heterocycles. The van der Waals surface area contributed by atoms with Gasteiger partial charge in [-0.3, -0.25) is 19.3 Å². The van der Waals surface area contributed by atoms with Crippen molar-refractivity contribution in [2.45, 2.75) is 45.3 Å². The second-order valence-electron chi connectivity index (χ2n) is 9.18. The Hall–Kier alpha value is -2.74. The van der Waals surface area contributed by atoms with E-state index in [4.69, 9.17) is 23.2 Å². The lowest BCUT2D eigenvalue weighted by atomic mass is 10.0. The predicted molar refractivity (Wildman–Crippen MR) is 145 cm³/mol. The van der Waals surface area contributed by atoms with E-state index in [1.165, 1.54) is 4.90 Å². The molecule has 36 heavy (non-hydrogen) atoms. The van der Waals surface area contributed by atoms with Crippen LogP contribution in [0.4, 0.5) is 4.79 Å². The maximum atomic E-state index is 13.1. The van der Waals surface area contributed by atoms with Crippen molar-refractivity contribution >= 4 is 69.0 Å². The SMILES string of the molecule is C[C@H]1CCCCN1C(=O)Cn1cc(/C=C2\SC(=O)N(Cc3ccc(Cl)c(Cl)c3)C2=O)c2ccccc21. The lowest BCUT2D eigenvalue weighted by molar-refractivity contribution is -0.135. The number of carbonyl (C=O) groups is 3.